The summed E-state index contributed by atoms with van der Waals surface area (Å²) in [7, 11) is 0. The zero-order chi connectivity index (χ0) is 28.5. The van der Waals surface area contributed by atoms with Crippen LogP contribution in [0, 0.1) is 25.2 Å². The number of hydrogen-bond donors (Lipinski definition) is 0. The van der Waals surface area contributed by atoms with Gasteiger partial charge >= 0.3 is 0 Å². The van der Waals surface area contributed by atoms with Gasteiger partial charge in [-0.1, -0.05) is 72.8 Å². The number of rotatable bonds is 6. The normalized spacial score (nSPS) is 23.5. The Balaban J connectivity index is 1.23. The molecule has 0 spiro atoms. The van der Waals surface area contributed by atoms with E-state index in [4.69, 9.17) is 0 Å². The van der Waals surface area contributed by atoms with E-state index in [0.717, 1.165) is 13.1 Å². The summed E-state index contributed by atoms with van der Waals surface area (Å²) >= 11 is 0. The van der Waals surface area contributed by atoms with Crippen LogP contribution in [-0.2, 0) is 0 Å². The molecule has 0 fully saturated rings. The summed E-state index contributed by atoms with van der Waals surface area (Å²) in [6, 6.07) is 36.8. The van der Waals surface area contributed by atoms with Crippen molar-refractivity contribution in [3.8, 4) is 0 Å². The van der Waals surface area contributed by atoms with E-state index in [-0.39, 0.29) is 0 Å². The molecule has 2 heterocycles. The van der Waals surface area contributed by atoms with Gasteiger partial charge in [-0.25, -0.2) is 0 Å². The maximum atomic E-state index is 3.79. The van der Waals surface area contributed by atoms with Crippen LogP contribution in [0.1, 0.15) is 61.8 Å². The van der Waals surface area contributed by atoms with Gasteiger partial charge in [0.25, 0.3) is 0 Å². The summed E-state index contributed by atoms with van der Waals surface area (Å²) in [6.07, 6.45) is 0. The fraction of sp³-hybridized carbons (Fsp3) is 0.316. The van der Waals surface area contributed by atoms with Gasteiger partial charge in [-0.2, -0.15) is 0 Å². The lowest BCUT2D eigenvalue weighted by atomic mass is 9.54. The average molecular weight is 551 g/mol. The first kappa shape index (κ1) is 25.8. The van der Waals surface area contributed by atoms with Gasteiger partial charge in [-0.15, -0.1) is 0 Å². The fourth-order valence-corrected chi connectivity index (χ4v) is 8.14. The molecule has 42 heavy (non-hydrogen) atoms. The first-order chi connectivity index (χ1) is 20.5. The van der Waals surface area contributed by atoms with Crippen molar-refractivity contribution < 1.29 is 0 Å². The second-order valence-corrected chi connectivity index (χ2v) is 12.9. The first-order valence-electron chi connectivity index (χ1n) is 15.5. The minimum Gasteiger partial charge on any atom is -0.339 e. The van der Waals surface area contributed by atoms with Crippen molar-refractivity contribution in [3.05, 3.63) is 133 Å². The lowest BCUT2D eigenvalue weighted by molar-refractivity contribution is 0.239. The topological polar surface area (TPSA) is 13.0 Å². The third-order valence-electron chi connectivity index (χ3n) is 9.88. The Bertz CT molecular complexity index is 1460. The van der Waals surface area contributed by atoms with Gasteiger partial charge in [0.05, 0.1) is 22.7 Å². The molecule has 4 heteroatoms. The van der Waals surface area contributed by atoms with E-state index in [9.17, 15) is 0 Å². The van der Waals surface area contributed by atoms with E-state index >= 15 is 0 Å². The van der Waals surface area contributed by atoms with Gasteiger partial charge in [0.15, 0.2) is 0 Å². The first-order valence-corrected chi connectivity index (χ1v) is 15.5. The second-order valence-electron chi connectivity index (χ2n) is 12.9. The predicted molar refractivity (Wildman–Crippen MR) is 173 cm³/mol. The van der Waals surface area contributed by atoms with Crippen LogP contribution in [-0.4, -0.2) is 25.2 Å². The Kier molecular flexibility index (Phi) is 6.03. The Labute approximate surface area is 251 Å². The zero-order valence-corrected chi connectivity index (χ0v) is 24.9. The van der Waals surface area contributed by atoms with Crippen molar-refractivity contribution >= 4 is 22.7 Å². The van der Waals surface area contributed by atoms with Gasteiger partial charge in [-0.05, 0) is 86.1 Å². The maximum Gasteiger partial charge on any atom is 0.209 e. The molecule has 0 aromatic heterocycles. The molecule has 4 nitrogen and oxygen atoms in total. The molecule has 9 rings (SSSR count). The van der Waals surface area contributed by atoms with Crippen LogP contribution in [0.3, 0.4) is 0 Å². The standard InChI is InChI=1S/C38H38N4/c1-25(2)41-23-39(33-17-9-11-19-35(33)41)21-31-32(22-40-24-42(26(3)4)36-20-12-10-18-34(36)40)38-29-15-7-5-13-27(29)37(31)28-14-6-8-16-30(28)38/h5-20,25-26,31-32,37-38H,21-22H2,1-4H3. The molecule has 2 aliphatic heterocycles. The van der Waals surface area contributed by atoms with Crippen molar-refractivity contribution in [1.82, 2.24) is 0 Å². The van der Waals surface area contributed by atoms with Gasteiger partial charge < -0.3 is 19.6 Å². The molecule has 4 aromatic rings. The highest BCUT2D eigenvalue weighted by Gasteiger charge is 2.51. The van der Waals surface area contributed by atoms with Crippen LogP contribution in [0.5, 0.6) is 0 Å². The highest BCUT2D eigenvalue weighted by Crippen LogP contribution is 2.59. The molecule has 4 radical (unpaired) electrons. The predicted octanol–water partition coefficient (Wildman–Crippen LogP) is 7.97. The maximum absolute atomic E-state index is 3.79. The molecule has 0 N–H and O–H groups in total. The highest BCUT2D eigenvalue weighted by molar-refractivity contribution is 5.80. The summed E-state index contributed by atoms with van der Waals surface area (Å²) in [6.45, 7) is 18.4. The summed E-state index contributed by atoms with van der Waals surface area (Å²) in [5, 5.41) is 0. The molecule has 2 atom stereocenters. The minimum atomic E-state index is 0.341. The summed E-state index contributed by atoms with van der Waals surface area (Å²) in [5.74, 6) is 1.51. The lowest BCUT2D eigenvalue weighted by Gasteiger charge is -2.52. The van der Waals surface area contributed by atoms with Gasteiger partial charge in [-0.3, -0.25) is 0 Å². The Morgan fingerprint density at radius 2 is 0.786 bits per heavy atom. The third-order valence-corrected chi connectivity index (χ3v) is 9.88. The van der Waals surface area contributed by atoms with Crippen molar-refractivity contribution in [2.24, 2.45) is 11.8 Å². The molecule has 0 saturated heterocycles. The third kappa shape index (κ3) is 3.80. The lowest BCUT2D eigenvalue weighted by Crippen LogP contribution is -2.49. The number of nitrogens with zero attached hydrogens (tertiary/aromatic N) is 4. The van der Waals surface area contributed by atoms with Crippen LogP contribution in [0.15, 0.2) is 97.1 Å². The van der Waals surface area contributed by atoms with E-state index in [1.807, 2.05) is 0 Å². The molecule has 2 bridgehead atoms. The molecule has 0 saturated carbocycles. The number of para-hydroxylation sites is 4. The van der Waals surface area contributed by atoms with Crippen LogP contribution in [0.2, 0.25) is 0 Å². The van der Waals surface area contributed by atoms with E-state index in [1.165, 1.54) is 45.0 Å². The summed E-state index contributed by atoms with van der Waals surface area (Å²) in [4.78, 5) is 9.47. The monoisotopic (exact) mass is 550 g/mol. The SMILES string of the molecule is CC(C)N1[C]N(CC2C3c4ccccc4C(c4ccccc43)C2CN2[C]N(C(C)C)c3ccccc32)c2ccccc21. The fourth-order valence-electron chi connectivity index (χ4n) is 8.14. The van der Waals surface area contributed by atoms with E-state index in [2.05, 4.69) is 158 Å². The Hall–Kier alpha value is -3.92. The smallest absolute Gasteiger partial charge is 0.209 e. The zero-order valence-electron chi connectivity index (χ0n) is 24.9. The van der Waals surface area contributed by atoms with Crippen molar-refractivity contribution in [2.75, 3.05) is 32.7 Å². The van der Waals surface area contributed by atoms with Crippen molar-refractivity contribution in [2.45, 2.75) is 51.6 Å². The molecule has 0 amide bonds. The van der Waals surface area contributed by atoms with Crippen LogP contribution in [0.25, 0.3) is 0 Å². The van der Waals surface area contributed by atoms with Gasteiger partial charge in [0, 0.05) is 37.0 Å². The summed E-state index contributed by atoms with van der Waals surface area (Å²) < 4.78 is 0. The molecular weight excluding hydrogens is 512 g/mol. The number of anilines is 4. The van der Waals surface area contributed by atoms with Gasteiger partial charge in [0.1, 0.15) is 0 Å². The van der Waals surface area contributed by atoms with Crippen LogP contribution < -0.4 is 19.6 Å². The average Bonchev–Trinajstić information content (AvgIpc) is 3.57. The van der Waals surface area contributed by atoms with Crippen LogP contribution in [0.4, 0.5) is 22.7 Å². The number of hydrogen-bond acceptors (Lipinski definition) is 4. The quantitative estimate of drug-likeness (QED) is 0.241. The summed E-state index contributed by atoms with van der Waals surface area (Å²) in [5.41, 5.74) is 11.1. The minimum absolute atomic E-state index is 0.341. The van der Waals surface area contributed by atoms with Crippen molar-refractivity contribution in [3.63, 3.8) is 0 Å². The van der Waals surface area contributed by atoms with E-state index in [0.29, 0.717) is 35.8 Å². The van der Waals surface area contributed by atoms with E-state index < -0.39 is 0 Å². The molecule has 2 unspecified atom stereocenters. The molecule has 4 aromatic carbocycles. The molecule has 210 valence electrons. The second kappa shape index (κ2) is 9.83. The van der Waals surface area contributed by atoms with E-state index in [1.54, 1.807) is 0 Å². The van der Waals surface area contributed by atoms with Crippen LogP contribution >= 0.6 is 0 Å². The number of fused-ring (bicyclic) bond motifs is 3. The largest absolute Gasteiger partial charge is 0.339 e. The molecular formula is C38H38N4. The number of benzene rings is 4. The van der Waals surface area contributed by atoms with Crippen molar-refractivity contribution in [1.29, 1.82) is 0 Å². The molecule has 5 aliphatic rings. The Morgan fingerprint density at radius 1 is 0.476 bits per heavy atom. The highest BCUT2D eigenvalue weighted by atomic mass is 15.4. The van der Waals surface area contributed by atoms with Gasteiger partial charge in [0.2, 0.25) is 13.3 Å². The Morgan fingerprint density at radius 3 is 1.12 bits per heavy atom. The molecule has 3 aliphatic carbocycles.